The molecule has 0 spiro atoms. The number of allylic oxidation sites excluding steroid dienone is 2. The Morgan fingerprint density at radius 1 is 0.449 bits per heavy atom. The van der Waals surface area contributed by atoms with E-state index < -0.39 is 161 Å². The fourth-order valence-electron chi connectivity index (χ4n) is 11.5. The first-order chi connectivity index (χ1) is 41.0. The molecule has 0 bridgehead atoms. The highest BCUT2D eigenvalue weighted by atomic mass is 16.3. The normalized spacial score (nSPS) is 27.1. The average Bonchev–Trinajstić information content (AvgIpc) is 0.947. The Balaban J connectivity index is 4.48. The van der Waals surface area contributed by atoms with Crippen molar-refractivity contribution in [3.63, 3.8) is 0 Å². The van der Waals surface area contributed by atoms with Gasteiger partial charge < -0.3 is 65.6 Å². The van der Waals surface area contributed by atoms with Crippen LogP contribution in [0.1, 0.15) is 156 Å². The smallest absolute Gasteiger partial charge is 0.246 e. The molecule has 24 heteroatoms. The van der Waals surface area contributed by atoms with E-state index in [1.807, 2.05) is 52.5 Å². The number of carbonyl (C=O) groups excluding carboxylic acids is 11. The molecular weight excluding hydrogens is 1140 g/mol. The summed E-state index contributed by atoms with van der Waals surface area (Å²) in [5.41, 5.74) is 0. The van der Waals surface area contributed by atoms with Crippen LogP contribution in [0.2, 0.25) is 0 Å². The molecule has 5 N–H and O–H groups in total. The molecule has 0 aromatic rings. The molecule has 24 nitrogen and oxygen atoms in total. The Hall–Kier alpha value is -6.17. The van der Waals surface area contributed by atoms with Crippen LogP contribution in [-0.4, -0.2) is 252 Å². The Kier molecular flexibility index (Phi) is 33.3. The minimum Gasteiger partial charge on any atom is -0.390 e. The molecule has 0 aromatic carbocycles. The number of likely N-dealkylation sites (N-methyl/N-ethyl adjacent to an activating group) is 7. The molecule has 11 amide bonds. The number of amides is 11. The average molecular weight is 1260 g/mol. The van der Waals surface area contributed by atoms with Gasteiger partial charge in [0.1, 0.15) is 66.5 Å². The van der Waals surface area contributed by atoms with Crippen LogP contribution in [0.4, 0.5) is 0 Å². The van der Waals surface area contributed by atoms with Crippen LogP contribution >= 0.6 is 0 Å². The molecule has 1 aliphatic rings. The van der Waals surface area contributed by atoms with E-state index in [-0.39, 0.29) is 49.9 Å². The molecule has 13 atom stereocenters. The predicted molar refractivity (Wildman–Crippen MR) is 346 cm³/mol. The first-order valence-corrected chi connectivity index (χ1v) is 32.1. The van der Waals surface area contributed by atoms with E-state index in [9.17, 15) is 33.9 Å². The summed E-state index contributed by atoms with van der Waals surface area (Å²) in [5.74, 6) is -10.2. The van der Waals surface area contributed by atoms with Gasteiger partial charge in [0.25, 0.3) is 0 Å². The monoisotopic (exact) mass is 1260 g/mol. The number of hydrogen-bond acceptors (Lipinski definition) is 13. The van der Waals surface area contributed by atoms with E-state index in [1.165, 1.54) is 92.6 Å². The van der Waals surface area contributed by atoms with Crippen LogP contribution in [0.15, 0.2) is 12.2 Å². The van der Waals surface area contributed by atoms with Crippen molar-refractivity contribution in [1.82, 2.24) is 60.5 Å². The molecule has 1 aliphatic heterocycles. The summed E-state index contributed by atoms with van der Waals surface area (Å²) >= 11 is 0. The van der Waals surface area contributed by atoms with Crippen LogP contribution in [0, 0.1) is 41.4 Å². The lowest BCUT2D eigenvalue weighted by molar-refractivity contribution is -0.157. The van der Waals surface area contributed by atoms with Gasteiger partial charge in [-0.1, -0.05) is 109 Å². The number of aliphatic hydroxyl groups excluding tert-OH is 1. The van der Waals surface area contributed by atoms with Crippen molar-refractivity contribution < 1.29 is 57.8 Å². The highest BCUT2D eigenvalue weighted by Crippen LogP contribution is 2.26. The molecule has 1 saturated heterocycles. The van der Waals surface area contributed by atoms with Gasteiger partial charge in [-0.25, -0.2) is 0 Å². The molecule has 0 radical (unpaired) electrons. The van der Waals surface area contributed by atoms with Crippen LogP contribution in [0.5, 0.6) is 0 Å². The van der Waals surface area contributed by atoms with Gasteiger partial charge in [0.15, 0.2) is 0 Å². The second-order valence-electron chi connectivity index (χ2n) is 27.4. The van der Waals surface area contributed by atoms with Crippen molar-refractivity contribution in [2.24, 2.45) is 41.4 Å². The number of nitrogens with one attached hydrogen (secondary N) is 4. The lowest BCUT2D eigenvalue weighted by atomic mass is 9.91. The maximum Gasteiger partial charge on any atom is 0.246 e. The third kappa shape index (κ3) is 22.3. The standard InChI is InChI=1S/C65H118N12O12/c1-27-29-30-42(15)54(78)53-58(82)68-45(28-2)60(84)71(20)46(31-32-70(18)19)61(85)75(24)51(40(11)12)57(81)69-50(39(9)10)64(88)72(21)47(33-36(3)4)56(80)66-43(16)55(79)67-44(17)59(83)73(22)48(34-37(5)6)62(86)74(23)49(35-38(7)8)63(87)76(25)52(41(13)14)65(89)77(53)26/h27,29,36-54,78H,28,30-35H2,1-26H3,(H,66,80)(H,67,79)(H,68,82)(H,69,81)/t42-,43+,44-,45+,46-,47+,48+,49+,50+,51+,52+,53+,54-/m1/s1. The van der Waals surface area contributed by atoms with E-state index in [2.05, 4.69) is 21.3 Å². The maximum atomic E-state index is 15.3. The molecule has 89 heavy (non-hydrogen) atoms. The van der Waals surface area contributed by atoms with Gasteiger partial charge >= 0.3 is 0 Å². The Morgan fingerprint density at radius 3 is 1.30 bits per heavy atom. The van der Waals surface area contributed by atoms with Gasteiger partial charge in [0.2, 0.25) is 65.0 Å². The van der Waals surface area contributed by atoms with Gasteiger partial charge in [-0.15, -0.1) is 0 Å². The summed E-state index contributed by atoms with van der Waals surface area (Å²) in [7, 11) is 13.6. The van der Waals surface area contributed by atoms with Crippen molar-refractivity contribution in [3.05, 3.63) is 12.2 Å². The summed E-state index contributed by atoms with van der Waals surface area (Å²) in [6.07, 6.45) is 2.93. The lowest BCUT2D eigenvalue weighted by Crippen LogP contribution is -2.64. The third-order valence-corrected chi connectivity index (χ3v) is 17.1. The first kappa shape index (κ1) is 80.8. The first-order valence-electron chi connectivity index (χ1n) is 32.1. The third-order valence-electron chi connectivity index (χ3n) is 17.1. The van der Waals surface area contributed by atoms with Gasteiger partial charge in [0.05, 0.1) is 6.10 Å². The molecule has 0 unspecified atom stereocenters. The molecule has 1 heterocycles. The minimum absolute atomic E-state index is 0.00803. The maximum absolute atomic E-state index is 15.3. The zero-order valence-corrected chi connectivity index (χ0v) is 59.1. The van der Waals surface area contributed by atoms with E-state index in [4.69, 9.17) is 0 Å². The topological polar surface area (TPSA) is 282 Å². The molecule has 0 saturated carbocycles. The number of carbonyl (C=O) groups is 11. The lowest BCUT2D eigenvalue weighted by Gasteiger charge is -2.41. The van der Waals surface area contributed by atoms with Crippen LogP contribution in [0.3, 0.4) is 0 Å². The van der Waals surface area contributed by atoms with Crippen molar-refractivity contribution in [1.29, 1.82) is 0 Å². The quantitative estimate of drug-likeness (QED) is 0.131. The van der Waals surface area contributed by atoms with Gasteiger partial charge in [-0.05, 0) is 121 Å². The number of aliphatic hydroxyl groups is 1. The van der Waals surface area contributed by atoms with Crippen molar-refractivity contribution in [3.8, 4) is 0 Å². The highest BCUT2D eigenvalue weighted by Gasteiger charge is 2.46. The fraction of sp³-hybridized carbons (Fsp3) is 0.800. The predicted octanol–water partition coefficient (Wildman–Crippen LogP) is 3.20. The van der Waals surface area contributed by atoms with Crippen molar-refractivity contribution >= 4 is 65.0 Å². The van der Waals surface area contributed by atoms with Crippen LogP contribution < -0.4 is 21.3 Å². The Morgan fingerprint density at radius 2 is 0.854 bits per heavy atom. The van der Waals surface area contributed by atoms with Gasteiger partial charge in [-0.2, -0.15) is 0 Å². The minimum atomic E-state index is -1.63. The largest absolute Gasteiger partial charge is 0.390 e. The summed E-state index contributed by atoms with van der Waals surface area (Å²) in [4.78, 5) is 173. The van der Waals surface area contributed by atoms with Gasteiger partial charge in [0, 0.05) is 49.3 Å². The second kappa shape index (κ2) is 36.6. The Labute approximate surface area is 533 Å². The number of nitrogens with zero attached hydrogens (tertiary/aromatic N) is 8. The summed E-state index contributed by atoms with van der Waals surface area (Å²) < 4.78 is 0. The Bertz CT molecular complexity index is 2430. The molecule has 1 fully saturated rings. The van der Waals surface area contributed by atoms with E-state index in [0.29, 0.717) is 13.0 Å². The van der Waals surface area contributed by atoms with Crippen LogP contribution in [0.25, 0.3) is 0 Å². The molecule has 0 aliphatic carbocycles. The number of hydrogen-bond donors (Lipinski definition) is 5. The zero-order chi connectivity index (χ0) is 69.1. The summed E-state index contributed by atoms with van der Waals surface area (Å²) in [5, 5.41) is 23.3. The number of rotatable bonds is 17. The summed E-state index contributed by atoms with van der Waals surface area (Å²) in [6, 6.07) is -13.7. The highest BCUT2D eigenvalue weighted by molar-refractivity contribution is 6.00. The second-order valence-corrected chi connectivity index (χ2v) is 27.4. The van der Waals surface area contributed by atoms with Crippen molar-refractivity contribution in [2.75, 3.05) is 70.0 Å². The van der Waals surface area contributed by atoms with Crippen LogP contribution in [-0.2, 0) is 52.7 Å². The molecule has 510 valence electrons. The fourth-order valence-corrected chi connectivity index (χ4v) is 11.5. The van der Waals surface area contributed by atoms with E-state index in [0.717, 1.165) is 4.90 Å². The van der Waals surface area contributed by atoms with E-state index in [1.54, 1.807) is 82.5 Å². The summed E-state index contributed by atoms with van der Waals surface area (Å²) in [6.45, 7) is 30.0. The zero-order valence-electron chi connectivity index (χ0n) is 59.1. The van der Waals surface area contributed by atoms with Gasteiger partial charge in [-0.3, -0.25) is 52.7 Å². The van der Waals surface area contributed by atoms with Crippen molar-refractivity contribution in [2.45, 2.75) is 229 Å². The molecular formula is C65H118N12O12. The molecule has 0 aromatic heterocycles. The molecule has 1 rings (SSSR count). The van der Waals surface area contributed by atoms with E-state index >= 15 is 24.0 Å². The SMILES string of the molecule is CC=CC[C@@H](C)[C@@H](O)[C@H]1C(=O)N[C@@H](CC)C(=O)N(C)[C@H](CCN(C)C)C(=O)N(C)[C@@H](C(C)C)C(=O)N[C@@H](C(C)C)C(=O)N(C)[C@@H](CC(C)C)C(=O)N[C@@H](C)C(=O)N[C@H](C)C(=O)N(C)[C@@H](CC(C)C)C(=O)N(C)[C@@H](CC(C)C)C(=O)N(C)[C@@H](C(C)C)C(=O)N1C.